The Morgan fingerprint density at radius 3 is 2.89 bits per heavy atom. The number of benzene rings is 1. The van der Waals surface area contributed by atoms with Gasteiger partial charge in [0.15, 0.2) is 0 Å². The number of anilines is 1. The van der Waals surface area contributed by atoms with Gasteiger partial charge in [-0.3, -0.25) is 4.79 Å². The van der Waals surface area contributed by atoms with Crippen LogP contribution in [0.25, 0.3) is 0 Å². The van der Waals surface area contributed by atoms with Gasteiger partial charge in [0.25, 0.3) is 0 Å². The molecular weight excluding hydrogens is 240 g/mol. The predicted molar refractivity (Wildman–Crippen MR) is 75.9 cm³/mol. The van der Waals surface area contributed by atoms with Crippen molar-refractivity contribution in [2.45, 2.75) is 18.9 Å². The van der Waals surface area contributed by atoms with Gasteiger partial charge in [0, 0.05) is 18.8 Å². The first-order chi connectivity index (χ1) is 9.20. The van der Waals surface area contributed by atoms with Crippen LogP contribution < -0.4 is 11.1 Å². The number of hydrogen-bond donors (Lipinski definition) is 2. The summed E-state index contributed by atoms with van der Waals surface area (Å²) in [5, 5.41) is 2.98. The van der Waals surface area contributed by atoms with Crippen LogP contribution in [0.2, 0.25) is 0 Å². The second kappa shape index (κ2) is 6.50. The fourth-order valence-electron chi connectivity index (χ4n) is 2.22. The van der Waals surface area contributed by atoms with Gasteiger partial charge in [0.05, 0.1) is 12.5 Å². The number of ether oxygens (including phenoxy) is 1. The van der Waals surface area contributed by atoms with Gasteiger partial charge in [-0.05, 0) is 24.5 Å². The highest BCUT2D eigenvalue weighted by Crippen LogP contribution is 2.21. The minimum Gasteiger partial charge on any atom is -0.384 e. The number of rotatable bonds is 5. The number of amides is 1. The third-order valence-electron chi connectivity index (χ3n) is 3.30. The molecule has 0 spiro atoms. The highest BCUT2D eigenvalue weighted by Gasteiger charge is 2.23. The molecule has 1 aromatic carbocycles. The van der Waals surface area contributed by atoms with Crippen molar-refractivity contribution >= 4 is 11.6 Å². The number of nitrogens with two attached hydrogens (primary N) is 1. The van der Waals surface area contributed by atoms with Crippen LogP contribution in [0.1, 0.15) is 12.0 Å². The number of carbonyl (C=O) groups is 1. The van der Waals surface area contributed by atoms with Gasteiger partial charge < -0.3 is 15.8 Å². The Hall–Kier alpha value is -1.65. The molecule has 2 atom stereocenters. The molecule has 0 aliphatic heterocycles. The van der Waals surface area contributed by atoms with Crippen LogP contribution in [0.15, 0.2) is 36.4 Å². The van der Waals surface area contributed by atoms with Crippen LogP contribution >= 0.6 is 0 Å². The van der Waals surface area contributed by atoms with Crippen LogP contribution in [-0.4, -0.2) is 25.7 Å². The van der Waals surface area contributed by atoms with E-state index in [9.17, 15) is 4.79 Å². The minimum atomic E-state index is -0.120. The molecule has 19 heavy (non-hydrogen) atoms. The smallest absolute Gasteiger partial charge is 0.231 e. The molecule has 0 heterocycles. The Labute approximate surface area is 113 Å². The third-order valence-corrected chi connectivity index (χ3v) is 3.30. The highest BCUT2D eigenvalue weighted by molar-refractivity contribution is 5.94. The van der Waals surface area contributed by atoms with Crippen molar-refractivity contribution in [3.63, 3.8) is 0 Å². The summed E-state index contributed by atoms with van der Waals surface area (Å²) in [7, 11) is 1.67. The maximum Gasteiger partial charge on any atom is 0.231 e. The summed E-state index contributed by atoms with van der Waals surface area (Å²) >= 11 is 0. The molecule has 1 aliphatic rings. The first-order valence-electron chi connectivity index (χ1n) is 6.52. The quantitative estimate of drug-likeness (QED) is 0.792. The molecular formula is C15H20N2O2. The molecule has 3 N–H and O–H groups in total. The Kier molecular flexibility index (Phi) is 4.71. The molecule has 2 unspecified atom stereocenters. The summed E-state index contributed by atoms with van der Waals surface area (Å²) in [5.41, 5.74) is 7.72. The number of methoxy groups -OCH3 is 1. The second-order valence-corrected chi connectivity index (χ2v) is 4.78. The van der Waals surface area contributed by atoms with Crippen molar-refractivity contribution in [2.24, 2.45) is 11.7 Å². The standard InChI is InChI=1S/C15H20N2O2/c1-19-9-8-11-4-2-3-5-14(11)17-15(18)12-6-7-13(16)10-12/h2-7,12-13H,8-10,16H2,1H3,(H,17,18). The van der Waals surface area contributed by atoms with Gasteiger partial charge >= 0.3 is 0 Å². The molecule has 0 radical (unpaired) electrons. The number of carbonyl (C=O) groups excluding carboxylic acids is 1. The lowest BCUT2D eigenvalue weighted by Crippen LogP contribution is -2.24. The molecule has 0 bridgehead atoms. The lowest BCUT2D eigenvalue weighted by atomic mass is 10.1. The van der Waals surface area contributed by atoms with Crippen molar-refractivity contribution in [2.75, 3.05) is 19.0 Å². The van der Waals surface area contributed by atoms with E-state index in [4.69, 9.17) is 10.5 Å². The van der Waals surface area contributed by atoms with Crippen molar-refractivity contribution in [3.8, 4) is 0 Å². The summed E-state index contributed by atoms with van der Waals surface area (Å²) in [4.78, 5) is 12.1. The zero-order chi connectivity index (χ0) is 13.7. The molecule has 1 amide bonds. The van der Waals surface area contributed by atoms with Gasteiger partial charge in [0.2, 0.25) is 5.91 Å². The second-order valence-electron chi connectivity index (χ2n) is 4.78. The Morgan fingerprint density at radius 2 is 2.21 bits per heavy atom. The van der Waals surface area contributed by atoms with E-state index in [0.717, 1.165) is 17.7 Å². The Morgan fingerprint density at radius 1 is 1.42 bits per heavy atom. The monoisotopic (exact) mass is 260 g/mol. The summed E-state index contributed by atoms with van der Waals surface area (Å²) in [6, 6.07) is 7.81. The lowest BCUT2D eigenvalue weighted by Gasteiger charge is -2.14. The minimum absolute atomic E-state index is 0.000477. The van der Waals surface area contributed by atoms with E-state index in [-0.39, 0.29) is 17.9 Å². The zero-order valence-corrected chi connectivity index (χ0v) is 11.1. The van der Waals surface area contributed by atoms with E-state index < -0.39 is 0 Å². The van der Waals surface area contributed by atoms with E-state index in [0.29, 0.717) is 13.0 Å². The first kappa shape index (κ1) is 13.8. The Bertz CT molecular complexity index is 471. The maximum absolute atomic E-state index is 12.1. The maximum atomic E-state index is 12.1. The molecule has 0 saturated carbocycles. The normalized spacial score (nSPS) is 21.6. The van der Waals surface area contributed by atoms with Crippen LogP contribution in [0.3, 0.4) is 0 Å². The molecule has 0 aromatic heterocycles. The number of para-hydroxylation sites is 1. The SMILES string of the molecule is COCCc1ccccc1NC(=O)C1C=CC(N)C1. The molecule has 4 heteroatoms. The molecule has 4 nitrogen and oxygen atoms in total. The molecule has 2 rings (SSSR count). The molecule has 1 aromatic rings. The first-order valence-corrected chi connectivity index (χ1v) is 6.52. The van der Waals surface area contributed by atoms with Crippen LogP contribution in [0.5, 0.6) is 0 Å². The zero-order valence-electron chi connectivity index (χ0n) is 11.1. The fourth-order valence-corrected chi connectivity index (χ4v) is 2.22. The van der Waals surface area contributed by atoms with Crippen LogP contribution in [0.4, 0.5) is 5.69 Å². The van der Waals surface area contributed by atoms with Crippen molar-refractivity contribution < 1.29 is 9.53 Å². The summed E-state index contributed by atoms with van der Waals surface area (Å²) in [5.74, 6) is -0.112. The molecule has 0 saturated heterocycles. The largest absolute Gasteiger partial charge is 0.384 e. The average molecular weight is 260 g/mol. The van der Waals surface area contributed by atoms with E-state index in [1.54, 1.807) is 7.11 Å². The van der Waals surface area contributed by atoms with E-state index in [1.807, 2.05) is 36.4 Å². The van der Waals surface area contributed by atoms with Gasteiger partial charge in [-0.2, -0.15) is 0 Å². The van der Waals surface area contributed by atoms with Crippen molar-refractivity contribution in [3.05, 3.63) is 42.0 Å². The number of hydrogen-bond acceptors (Lipinski definition) is 3. The Balaban J connectivity index is 2.02. The fraction of sp³-hybridized carbons (Fsp3) is 0.400. The predicted octanol–water partition coefficient (Wildman–Crippen LogP) is 1.72. The summed E-state index contributed by atoms with van der Waals surface area (Å²) in [6.07, 6.45) is 5.25. The van der Waals surface area contributed by atoms with Crippen molar-refractivity contribution in [1.29, 1.82) is 0 Å². The highest BCUT2D eigenvalue weighted by atomic mass is 16.5. The average Bonchev–Trinajstić information content (AvgIpc) is 2.84. The summed E-state index contributed by atoms with van der Waals surface area (Å²) < 4.78 is 5.08. The van der Waals surface area contributed by atoms with Crippen molar-refractivity contribution in [1.82, 2.24) is 0 Å². The molecule has 102 valence electrons. The van der Waals surface area contributed by atoms with Crippen LogP contribution in [0, 0.1) is 5.92 Å². The van der Waals surface area contributed by atoms with Gasteiger partial charge in [-0.25, -0.2) is 0 Å². The van der Waals surface area contributed by atoms with Gasteiger partial charge in [-0.1, -0.05) is 30.4 Å². The molecule has 1 aliphatic carbocycles. The third kappa shape index (κ3) is 3.66. The van der Waals surface area contributed by atoms with Gasteiger partial charge in [-0.15, -0.1) is 0 Å². The lowest BCUT2D eigenvalue weighted by molar-refractivity contribution is -0.118. The van der Waals surface area contributed by atoms with Crippen LogP contribution in [-0.2, 0) is 16.0 Å². The van der Waals surface area contributed by atoms with E-state index in [2.05, 4.69) is 5.32 Å². The van der Waals surface area contributed by atoms with E-state index >= 15 is 0 Å². The van der Waals surface area contributed by atoms with Gasteiger partial charge in [0.1, 0.15) is 0 Å². The summed E-state index contributed by atoms with van der Waals surface area (Å²) in [6.45, 7) is 0.640. The molecule has 0 fully saturated rings. The topological polar surface area (TPSA) is 64.3 Å². The van der Waals surface area contributed by atoms with E-state index in [1.165, 1.54) is 0 Å². The number of nitrogens with one attached hydrogen (secondary N) is 1.